The maximum atomic E-state index is 5.29. The van der Waals surface area contributed by atoms with E-state index in [2.05, 4.69) is 59.1 Å². The zero-order valence-electron chi connectivity index (χ0n) is 17.5. The van der Waals surface area contributed by atoms with Crippen LogP contribution in [-0.4, -0.2) is 35.9 Å². The highest BCUT2D eigenvalue weighted by molar-refractivity contribution is 14.0. The molecular formula is C23H30IN5O. The van der Waals surface area contributed by atoms with E-state index < -0.39 is 0 Å². The molecule has 1 aromatic heterocycles. The quantitative estimate of drug-likeness (QED) is 0.256. The molecule has 2 N–H and O–H groups in total. The molecule has 2 aromatic carbocycles. The summed E-state index contributed by atoms with van der Waals surface area (Å²) in [6.45, 7) is 5.06. The maximum Gasteiger partial charge on any atom is 0.191 e. The Hall–Kier alpha value is -2.55. The number of aromatic nitrogens is 2. The van der Waals surface area contributed by atoms with Crippen molar-refractivity contribution in [3.05, 3.63) is 83.7 Å². The summed E-state index contributed by atoms with van der Waals surface area (Å²) in [5.41, 5.74) is 3.66. The second-order valence-electron chi connectivity index (χ2n) is 6.70. The second kappa shape index (κ2) is 12.9. The van der Waals surface area contributed by atoms with Gasteiger partial charge in [0.15, 0.2) is 5.96 Å². The minimum atomic E-state index is 0. The molecule has 160 valence electrons. The Morgan fingerprint density at radius 1 is 1.07 bits per heavy atom. The molecule has 0 spiro atoms. The largest absolute Gasteiger partial charge is 0.497 e. The molecule has 0 bridgehead atoms. The molecule has 0 aliphatic carbocycles. The third-order valence-corrected chi connectivity index (χ3v) is 4.60. The Balaban J connectivity index is 0.00000320. The summed E-state index contributed by atoms with van der Waals surface area (Å²) < 4.78 is 7.23. The highest BCUT2D eigenvalue weighted by Gasteiger charge is 2.04. The van der Waals surface area contributed by atoms with Crippen LogP contribution in [0.4, 0.5) is 0 Å². The van der Waals surface area contributed by atoms with Crippen LogP contribution < -0.4 is 15.4 Å². The fourth-order valence-electron chi connectivity index (χ4n) is 3.09. The van der Waals surface area contributed by atoms with E-state index in [1.54, 1.807) is 13.3 Å². The monoisotopic (exact) mass is 519 g/mol. The molecule has 0 saturated heterocycles. The molecule has 0 radical (unpaired) electrons. The van der Waals surface area contributed by atoms with Crippen LogP contribution >= 0.6 is 24.0 Å². The highest BCUT2D eigenvalue weighted by Crippen LogP contribution is 2.13. The highest BCUT2D eigenvalue weighted by atomic mass is 127. The lowest BCUT2D eigenvalue weighted by molar-refractivity contribution is 0.414. The summed E-state index contributed by atoms with van der Waals surface area (Å²) in [4.78, 5) is 4.78. The number of ether oxygens (including phenoxy) is 1. The zero-order chi connectivity index (χ0) is 20.3. The molecule has 0 aliphatic heterocycles. The molecule has 6 nitrogen and oxygen atoms in total. The first kappa shape index (κ1) is 23.7. The van der Waals surface area contributed by atoms with Gasteiger partial charge in [0.05, 0.1) is 20.2 Å². The predicted molar refractivity (Wildman–Crippen MR) is 133 cm³/mol. The van der Waals surface area contributed by atoms with Crippen molar-refractivity contribution in [3.63, 3.8) is 0 Å². The first-order chi connectivity index (χ1) is 14.3. The zero-order valence-corrected chi connectivity index (χ0v) is 19.9. The molecule has 0 atom stereocenters. The Labute approximate surface area is 195 Å². The minimum Gasteiger partial charge on any atom is -0.497 e. The molecule has 30 heavy (non-hydrogen) atoms. The van der Waals surface area contributed by atoms with E-state index in [1.165, 1.54) is 16.7 Å². The van der Waals surface area contributed by atoms with Crippen LogP contribution in [0.1, 0.15) is 23.6 Å². The second-order valence-corrected chi connectivity index (χ2v) is 6.70. The lowest BCUT2D eigenvalue weighted by Gasteiger charge is -2.13. The Morgan fingerprint density at radius 2 is 1.90 bits per heavy atom. The van der Waals surface area contributed by atoms with Crippen molar-refractivity contribution in [1.82, 2.24) is 20.4 Å². The van der Waals surface area contributed by atoms with Gasteiger partial charge < -0.3 is 15.4 Å². The molecule has 1 heterocycles. The van der Waals surface area contributed by atoms with E-state index in [1.807, 2.05) is 29.1 Å². The minimum absolute atomic E-state index is 0. The maximum absolute atomic E-state index is 5.29. The van der Waals surface area contributed by atoms with Gasteiger partial charge in [-0.25, -0.2) is 4.99 Å². The summed E-state index contributed by atoms with van der Waals surface area (Å²) in [5, 5.41) is 11.1. The SMILES string of the molecule is CCNC(=NCc1ccccc1Cn1cccn1)NCCc1cccc(OC)c1.I. The molecule has 0 unspecified atom stereocenters. The summed E-state index contributed by atoms with van der Waals surface area (Å²) in [6, 6.07) is 18.5. The van der Waals surface area contributed by atoms with Gasteiger partial charge in [0, 0.05) is 25.5 Å². The van der Waals surface area contributed by atoms with Crippen molar-refractivity contribution < 1.29 is 4.74 Å². The van der Waals surface area contributed by atoms with Crippen molar-refractivity contribution in [1.29, 1.82) is 0 Å². The number of hydrogen-bond donors (Lipinski definition) is 2. The molecule has 3 rings (SSSR count). The number of guanidine groups is 1. The molecule has 3 aromatic rings. The van der Waals surface area contributed by atoms with E-state index in [0.717, 1.165) is 37.8 Å². The van der Waals surface area contributed by atoms with Crippen molar-refractivity contribution in [2.24, 2.45) is 4.99 Å². The van der Waals surface area contributed by atoms with Gasteiger partial charge >= 0.3 is 0 Å². The van der Waals surface area contributed by atoms with E-state index in [4.69, 9.17) is 9.73 Å². The number of nitrogens with zero attached hydrogens (tertiary/aromatic N) is 3. The molecule has 0 aliphatic rings. The topological polar surface area (TPSA) is 63.5 Å². The van der Waals surface area contributed by atoms with Crippen LogP contribution in [0, 0.1) is 0 Å². The fraction of sp³-hybridized carbons (Fsp3) is 0.304. The number of rotatable bonds is 9. The number of hydrogen-bond acceptors (Lipinski definition) is 3. The summed E-state index contributed by atoms with van der Waals surface area (Å²) in [6.07, 6.45) is 4.68. The lowest BCUT2D eigenvalue weighted by Crippen LogP contribution is -2.38. The van der Waals surface area contributed by atoms with E-state index in [-0.39, 0.29) is 24.0 Å². The van der Waals surface area contributed by atoms with E-state index >= 15 is 0 Å². The van der Waals surface area contributed by atoms with Gasteiger partial charge in [-0.2, -0.15) is 5.10 Å². The predicted octanol–water partition coefficient (Wildman–Crippen LogP) is 3.86. The van der Waals surface area contributed by atoms with Crippen LogP contribution in [0.5, 0.6) is 5.75 Å². The van der Waals surface area contributed by atoms with Gasteiger partial charge in [0.2, 0.25) is 0 Å². The number of halogens is 1. The Morgan fingerprint density at radius 3 is 2.63 bits per heavy atom. The van der Waals surface area contributed by atoms with Gasteiger partial charge in [-0.3, -0.25) is 4.68 Å². The van der Waals surface area contributed by atoms with Gasteiger partial charge in [-0.15, -0.1) is 24.0 Å². The van der Waals surface area contributed by atoms with Gasteiger partial charge in [-0.05, 0) is 48.2 Å². The molecule has 0 fully saturated rings. The normalized spacial score (nSPS) is 10.9. The van der Waals surface area contributed by atoms with Crippen LogP contribution in [0.2, 0.25) is 0 Å². The van der Waals surface area contributed by atoms with E-state index in [9.17, 15) is 0 Å². The van der Waals surface area contributed by atoms with Gasteiger partial charge in [0.25, 0.3) is 0 Å². The number of benzene rings is 2. The van der Waals surface area contributed by atoms with Crippen LogP contribution in [0.3, 0.4) is 0 Å². The van der Waals surface area contributed by atoms with Gasteiger partial charge in [-0.1, -0.05) is 36.4 Å². The van der Waals surface area contributed by atoms with Crippen molar-refractivity contribution in [2.75, 3.05) is 20.2 Å². The number of aliphatic imine (C=N–C) groups is 1. The fourth-order valence-corrected chi connectivity index (χ4v) is 3.09. The van der Waals surface area contributed by atoms with E-state index in [0.29, 0.717) is 6.54 Å². The average Bonchev–Trinajstić information content (AvgIpc) is 3.26. The summed E-state index contributed by atoms with van der Waals surface area (Å²) in [7, 11) is 1.69. The third-order valence-electron chi connectivity index (χ3n) is 4.60. The molecular weight excluding hydrogens is 489 g/mol. The third kappa shape index (κ3) is 7.37. The molecule has 0 amide bonds. The summed E-state index contributed by atoms with van der Waals surface area (Å²) >= 11 is 0. The average molecular weight is 519 g/mol. The lowest BCUT2D eigenvalue weighted by atomic mass is 10.1. The Bertz CT molecular complexity index is 911. The van der Waals surface area contributed by atoms with Crippen molar-refractivity contribution in [3.8, 4) is 5.75 Å². The smallest absolute Gasteiger partial charge is 0.191 e. The first-order valence-corrected chi connectivity index (χ1v) is 9.98. The molecule has 7 heteroatoms. The van der Waals surface area contributed by atoms with Crippen LogP contribution in [0.25, 0.3) is 0 Å². The standard InChI is InChI=1S/C23H29N5O.HI/c1-3-24-23(25-14-12-19-8-6-11-22(16-19)29-2)26-17-20-9-4-5-10-21(20)18-28-15-7-13-27-28;/h4-11,13,15-16H,3,12,14,17-18H2,1-2H3,(H2,24,25,26);1H. The van der Waals surface area contributed by atoms with Gasteiger partial charge in [0.1, 0.15) is 5.75 Å². The summed E-state index contributed by atoms with van der Waals surface area (Å²) in [5.74, 6) is 1.71. The van der Waals surface area contributed by atoms with Crippen molar-refractivity contribution >= 4 is 29.9 Å². The van der Waals surface area contributed by atoms with Crippen LogP contribution in [0.15, 0.2) is 72.0 Å². The Kier molecular flexibility index (Phi) is 10.2. The number of nitrogens with one attached hydrogen (secondary N) is 2. The number of methoxy groups -OCH3 is 1. The van der Waals surface area contributed by atoms with Crippen molar-refractivity contribution in [2.45, 2.75) is 26.4 Å². The molecule has 0 saturated carbocycles. The first-order valence-electron chi connectivity index (χ1n) is 9.98. The van der Waals surface area contributed by atoms with Crippen LogP contribution in [-0.2, 0) is 19.5 Å².